The van der Waals surface area contributed by atoms with E-state index in [2.05, 4.69) is 21.2 Å². The fourth-order valence-electron chi connectivity index (χ4n) is 2.80. The third-order valence-corrected chi connectivity index (χ3v) is 5.57. The zero-order valence-electron chi connectivity index (χ0n) is 13.4. The molecule has 0 heterocycles. The lowest BCUT2D eigenvalue weighted by Crippen LogP contribution is -2.17. The van der Waals surface area contributed by atoms with Gasteiger partial charge in [-0.1, -0.05) is 28.1 Å². The van der Waals surface area contributed by atoms with Crippen LogP contribution in [0.5, 0.6) is 5.75 Å². The van der Waals surface area contributed by atoms with Gasteiger partial charge in [-0.2, -0.15) is 0 Å². The fourth-order valence-corrected chi connectivity index (χ4v) is 3.94. The highest BCUT2D eigenvalue weighted by molar-refractivity contribution is 9.10. The number of hydrogen-bond donors (Lipinski definition) is 2. The van der Waals surface area contributed by atoms with Crippen LogP contribution in [-0.4, -0.2) is 21.4 Å². The lowest BCUT2D eigenvalue weighted by molar-refractivity contribution is -0.117. The number of carbonyl (C=O) groups excluding carboxylic acids is 1. The van der Waals surface area contributed by atoms with Crippen molar-refractivity contribution >= 4 is 37.5 Å². The Morgan fingerprint density at radius 2 is 2.04 bits per heavy atom. The van der Waals surface area contributed by atoms with Crippen molar-refractivity contribution in [3.63, 3.8) is 0 Å². The Balaban J connectivity index is 1.74. The van der Waals surface area contributed by atoms with E-state index in [0.717, 1.165) is 16.5 Å². The van der Waals surface area contributed by atoms with Crippen molar-refractivity contribution in [3.8, 4) is 5.75 Å². The van der Waals surface area contributed by atoms with Crippen molar-refractivity contribution in [1.29, 1.82) is 0 Å². The molecule has 0 radical (unpaired) electrons. The molecule has 0 aromatic heterocycles. The van der Waals surface area contributed by atoms with Gasteiger partial charge < -0.3 is 10.1 Å². The van der Waals surface area contributed by atoms with Gasteiger partial charge in [-0.25, -0.2) is 13.6 Å². The number of benzene rings is 2. The number of sulfonamides is 1. The van der Waals surface area contributed by atoms with E-state index >= 15 is 0 Å². The minimum atomic E-state index is -3.95. The highest BCUT2D eigenvalue weighted by Crippen LogP contribution is 2.48. The second-order valence-electron chi connectivity index (χ2n) is 5.90. The average molecular weight is 425 g/mol. The van der Waals surface area contributed by atoms with Gasteiger partial charge in [-0.15, -0.1) is 0 Å². The number of nitrogens with two attached hydrogens (primary N) is 1. The van der Waals surface area contributed by atoms with Gasteiger partial charge in [0.05, 0.1) is 7.11 Å². The third kappa shape index (κ3) is 4.02. The Morgan fingerprint density at radius 3 is 2.68 bits per heavy atom. The van der Waals surface area contributed by atoms with Gasteiger partial charge in [0.2, 0.25) is 15.9 Å². The summed E-state index contributed by atoms with van der Waals surface area (Å²) in [4.78, 5) is 12.3. The number of amides is 1. The molecule has 3 rings (SSSR count). The maximum absolute atomic E-state index is 12.4. The molecule has 25 heavy (non-hydrogen) atoms. The summed E-state index contributed by atoms with van der Waals surface area (Å²) in [5.41, 5.74) is 1.48. The molecule has 2 atom stereocenters. The molecule has 6 nitrogen and oxygen atoms in total. The average Bonchev–Trinajstić information content (AvgIpc) is 3.35. The summed E-state index contributed by atoms with van der Waals surface area (Å²) in [6, 6.07) is 12.2. The highest BCUT2D eigenvalue weighted by Gasteiger charge is 2.44. The highest BCUT2D eigenvalue weighted by atomic mass is 79.9. The van der Waals surface area contributed by atoms with E-state index < -0.39 is 10.0 Å². The summed E-state index contributed by atoms with van der Waals surface area (Å²) >= 11 is 3.43. The van der Waals surface area contributed by atoms with Crippen molar-refractivity contribution in [2.24, 2.45) is 11.1 Å². The Hall–Kier alpha value is -1.90. The monoisotopic (exact) mass is 424 g/mol. The van der Waals surface area contributed by atoms with Gasteiger partial charge in [0.25, 0.3) is 0 Å². The number of hydrogen-bond acceptors (Lipinski definition) is 4. The summed E-state index contributed by atoms with van der Waals surface area (Å²) < 4.78 is 29.3. The van der Waals surface area contributed by atoms with Gasteiger partial charge in [-0.05, 0) is 48.2 Å². The second-order valence-corrected chi connectivity index (χ2v) is 8.35. The number of anilines is 1. The zero-order valence-corrected chi connectivity index (χ0v) is 15.8. The summed E-state index contributed by atoms with van der Waals surface area (Å²) in [7, 11) is -2.59. The van der Waals surface area contributed by atoms with E-state index in [1.807, 2.05) is 24.3 Å². The van der Waals surface area contributed by atoms with E-state index in [0.29, 0.717) is 5.69 Å². The molecule has 1 fully saturated rings. The van der Waals surface area contributed by atoms with Crippen molar-refractivity contribution in [1.82, 2.24) is 0 Å². The summed E-state index contributed by atoms with van der Waals surface area (Å²) in [5, 5.41) is 7.95. The van der Waals surface area contributed by atoms with E-state index in [1.165, 1.54) is 19.2 Å². The number of primary sulfonamides is 1. The normalized spacial score (nSPS) is 19.3. The largest absolute Gasteiger partial charge is 0.495 e. The minimum Gasteiger partial charge on any atom is -0.495 e. The summed E-state index contributed by atoms with van der Waals surface area (Å²) in [6.45, 7) is 0. The molecule has 1 aliphatic carbocycles. The molecule has 2 aromatic carbocycles. The van der Waals surface area contributed by atoms with Crippen molar-refractivity contribution in [2.45, 2.75) is 17.2 Å². The topological polar surface area (TPSA) is 98.5 Å². The van der Waals surface area contributed by atoms with Crippen LogP contribution in [0.2, 0.25) is 0 Å². The molecular weight excluding hydrogens is 408 g/mol. The van der Waals surface area contributed by atoms with E-state index in [4.69, 9.17) is 9.88 Å². The van der Waals surface area contributed by atoms with Gasteiger partial charge >= 0.3 is 0 Å². The number of halogens is 1. The molecule has 2 aromatic rings. The van der Waals surface area contributed by atoms with Crippen LogP contribution in [-0.2, 0) is 14.8 Å². The first kappa shape index (κ1) is 17.9. The number of rotatable bonds is 5. The Morgan fingerprint density at radius 1 is 1.28 bits per heavy atom. The standard InChI is InChI=1S/C17H17BrN2O4S/c1-24-15-6-5-12(8-16(15)25(19,22)23)20-17(21)14-9-13(14)10-3-2-4-11(18)7-10/h2-8,13-14H,9H2,1H3,(H,20,21)(H2,19,22,23)/t13-,14-/m0/s1. The predicted molar refractivity (Wildman–Crippen MR) is 98.0 cm³/mol. The number of ether oxygens (including phenoxy) is 1. The van der Waals surface area contributed by atoms with Crippen LogP contribution in [0, 0.1) is 5.92 Å². The molecule has 1 amide bonds. The molecule has 0 spiro atoms. The van der Waals surface area contributed by atoms with Crippen LogP contribution in [0.1, 0.15) is 17.9 Å². The molecular formula is C17H17BrN2O4S. The maximum Gasteiger partial charge on any atom is 0.241 e. The second kappa shape index (κ2) is 6.78. The molecule has 8 heteroatoms. The number of methoxy groups -OCH3 is 1. The first-order chi connectivity index (χ1) is 11.8. The molecule has 0 aliphatic heterocycles. The van der Waals surface area contributed by atoms with E-state index in [1.54, 1.807) is 6.07 Å². The Kier molecular flexibility index (Phi) is 4.86. The minimum absolute atomic E-state index is 0.130. The summed E-state index contributed by atoms with van der Waals surface area (Å²) in [6.07, 6.45) is 0.764. The molecule has 132 valence electrons. The van der Waals surface area contributed by atoms with E-state index in [9.17, 15) is 13.2 Å². The Labute approximate surface area is 154 Å². The van der Waals surface area contributed by atoms with Crippen molar-refractivity contribution < 1.29 is 17.9 Å². The van der Waals surface area contributed by atoms with Crippen LogP contribution < -0.4 is 15.2 Å². The molecule has 3 N–H and O–H groups in total. The van der Waals surface area contributed by atoms with Gasteiger partial charge in [0.15, 0.2) is 0 Å². The molecule has 1 aliphatic rings. The lowest BCUT2D eigenvalue weighted by Gasteiger charge is -2.10. The van der Waals surface area contributed by atoms with Crippen LogP contribution >= 0.6 is 15.9 Å². The van der Waals surface area contributed by atoms with Gasteiger partial charge in [0, 0.05) is 16.1 Å². The van der Waals surface area contributed by atoms with Crippen LogP contribution in [0.25, 0.3) is 0 Å². The molecule has 1 saturated carbocycles. The first-order valence-electron chi connectivity index (χ1n) is 7.57. The summed E-state index contributed by atoms with van der Waals surface area (Å²) in [5.74, 6) is 0.0391. The van der Waals surface area contributed by atoms with Gasteiger partial charge in [0.1, 0.15) is 10.6 Å². The fraction of sp³-hybridized carbons (Fsp3) is 0.235. The maximum atomic E-state index is 12.4. The van der Waals surface area contributed by atoms with Crippen molar-refractivity contribution in [3.05, 3.63) is 52.5 Å². The van der Waals surface area contributed by atoms with Gasteiger partial charge in [-0.3, -0.25) is 4.79 Å². The quantitative estimate of drug-likeness (QED) is 0.770. The van der Waals surface area contributed by atoms with Crippen LogP contribution in [0.15, 0.2) is 51.8 Å². The molecule has 0 bridgehead atoms. The molecule has 0 unspecified atom stereocenters. The van der Waals surface area contributed by atoms with E-state index in [-0.39, 0.29) is 28.4 Å². The smallest absolute Gasteiger partial charge is 0.241 e. The Bertz CT molecular complexity index is 930. The molecule has 0 saturated heterocycles. The third-order valence-electron chi connectivity index (χ3n) is 4.14. The number of nitrogens with one attached hydrogen (secondary N) is 1. The van der Waals surface area contributed by atoms with Crippen molar-refractivity contribution in [2.75, 3.05) is 12.4 Å². The van der Waals surface area contributed by atoms with Crippen LogP contribution in [0.3, 0.4) is 0 Å². The number of carbonyl (C=O) groups is 1. The zero-order chi connectivity index (χ0) is 18.2. The van der Waals surface area contributed by atoms with Crippen LogP contribution in [0.4, 0.5) is 5.69 Å². The SMILES string of the molecule is COc1ccc(NC(=O)[C@H]2C[C@H]2c2cccc(Br)c2)cc1S(N)(=O)=O. The first-order valence-corrected chi connectivity index (χ1v) is 9.90. The lowest BCUT2D eigenvalue weighted by atomic mass is 10.1. The predicted octanol–water partition coefficient (Wildman–Crippen LogP) is 2.85.